The van der Waals surface area contributed by atoms with Gasteiger partial charge in [0.15, 0.2) is 18.5 Å². The van der Waals surface area contributed by atoms with Gasteiger partial charge in [-0.15, -0.1) is 0 Å². The van der Waals surface area contributed by atoms with Crippen molar-refractivity contribution in [3.8, 4) is 0 Å². The Balaban J connectivity index is 2.79. The molecule has 1 aliphatic heterocycles. The average Bonchev–Trinajstić information content (AvgIpc) is 2.80. The van der Waals surface area contributed by atoms with Crippen LogP contribution in [0.15, 0.2) is 0 Å². The quantitative estimate of drug-likeness (QED) is 0.522. The van der Waals surface area contributed by atoms with Gasteiger partial charge in [0, 0.05) is 24.8 Å². The summed E-state index contributed by atoms with van der Waals surface area (Å²) in [6.45, 7) is -2.46. The first kappa shape index (κ1) is 11.2. The van der Waals surface area contributed by atoms with Crippen LogP contribution in [0.3, 0.4) is 0 Å². The van der Waals surface area contributed by atoms with Gasteiger partial charge in [-0.25, -0.2) is 0 Å². The smallest absolute Gasteiger partial charge is 0.303 e. The summed E-state index contributed by atoms with van der Waals surface area (Å²) in [6, 6.07) is 0. The van der Waals surface area contributed by atoms with Crippen molar-refractivity contribution in [3.05, 3.63) is 0 Å². The number of carbonyl (C=O) groups is 3. The fourth-order valence-corrected chi connectivity index (χ4v) is 1.59. The van der Waals surface area contributed by atoms with Gasteiger partial charge in [-0.3, -0.25) is 14.4 Å². The van der Waals surface area contributed by atoms with Crippen molar-refractivity contribution in [1.29, 1.82) is 0 Å². The van der Waals surface area contributed by atoms with Crippen LogP contribution >= 0.6 is 0 Å². The second-order valence-electron chi connectivity index (χ2n) is 3.66. The number of hydrogen-bond acceptors (Lipinski definition) is 8. The Labute approximate surface area is 113 Å². The number of esters is 3. The molecule has 0 bridgehead atoms. The molecule has 108 valence electrons. The lowest BCUT2D eigenvalue weighted by Gasteiger charge is -2.21. The molecule has 8 nitrogen and oxygen atoms in total. The largest absolute Gasteiger partial charge is 0.463 e. The highest BCUT2D eigenvalue weighted by Gasteiger charge is 2.48. The van der Waals surface area contributed by atoms with Crippen molar-refractivity contribution < 1.29 is 42.5 Å². The standard InChI is InChI=1S/C11H16O8/c1-5(12)16-4-8-9(17-6(2)13)10(11(15)19-8)18-7(3)14/h8-11,15H,4H2,1-3H3/t8-,9-,10+,11?/m1/s1/i1D,2D,3D. The van der Waals surface area contributed by atoms with Gasteiger partial charge in [0.25, 0.3) is 0 Å². The van der Waals surface area contributed by atoms with Crippen molar-refractivity contribution in [2.24, 2.45) is 0 Å². The Morgan fingerprint density at radius 1 is 1.11 bits per heavy atom. The Bertz CT molecular complexity index is 418. The molecule has 0 aliphatic carbocycles. The second kappa shape index (κ2) is 6.48. The van der Waals surface area contributed by atoms with Gasteiger partial charge in [0.2, 0.25) is 0 Å². The van der Waals surface area contributed by atoms with E-state index < -0.39 is 69.8 Å². The van der Waals surface area contributed by atoms with E-state index in [1.54, 1.807) is 0 Å². The predicted octanol–water partition coefficient (Wildman–Crippen LogP) is -0.870. The highest BCUT2D eigenvalue weighted by Crippen LogP contribution is 2.26. The molecule has 1 saturated heterocycles. The van der Waals surface area contributed by atoms with Crippen molar-refractivity contribution in [2.75, 3.05) is 6.61 Å². The van der Waals surface area contributed by atoms with Crippen LogP contribution in [0.1, 0.15) is 24.8 Å². The highest BCUT2D eigenvalue weighted by molar-refractivity contribution is 5.67. The second-order valence-corrected chi connectivity index (χ2v) is 3.66. The highest BCUT2D eigenvalue weighted by atomic mass is 16.7. The van der Waals surface area contributed by atoms with E-state index in [0.717, 1.165) is 0 Å². The third-order valence-corrected chi connectivity index (χ3v) is 2.23. The number of rotatable bonds is 4. The number of carbonyl (C=O) groups excluding carboxylic acids is 3. The molecule has 4 atom stereocenters. The fraction of sp³-hybridized carbons (Fsp3) is 0.727. The molecule has 0 aromatic heterocycles. The molecule has 0 spiro atoms. The van der Waals surface area contributed by atoms with E-state index in [0.29, 0.717) is 0 Å². The van der Waals surface area contributed by atoms with Gasteiger partial charge in [-0.05, 0) is 0 Å². The Morgan fingerprint density at radius 3 is 2.26 bits per heavy atom. The van der Waals surface area contributed by atoms with E-state index in [4.69, 9.17) is 18.3 Å². The molecular weight excluding hydrogens is 260 g/mol. The molecule has 8 heteroatoms. The van der Waals surface area contributed by atoms with Crippen LogP contribution in [0, 0.1) is 0 Å². The maximum absolute atomic E-state index is 11.3. The summed E-state index contributed by atoms with van der Waals surface area (Å²) in [7, 11) is 0. The van der Waals surface area contributed by atoms with Gasteiger partial charge < -0.3 is 24.1 Å². The fourth-order valence-electron chi connectivity index (χ4n) is 1.59. The molecular formula is C11H16O8. The van der Waals surface area contributed by atoms with Crippen molar-refractivity contribution in [2.45, 2.75) is 45.3 Å². The lowest BCUT2D eigenvalue weighted by atomic mass is 10.1. The van der Waals surface area contributed by atoms with Crippen LogP contribution in [0.25, 0.3) is 0 Å². The van der Waals surface area contributed by atoms with Gasteiger partial charge in [-0.1, -0.05) is 0 Å². The maximum atomic E-state index is 11.3. The van der Waals surface area contributed by atoms with E-state index in [9.17, 15) is 19.5 Å². The monoisotopic (exact) mass is 279 g/mol. The molecule has 1 N–H and O–H groups in total. The van der Waals surface area contributed by atoms with Gasteiger partial charge >= 0.3 is 17.9 Å². The summed E-state index contributed by atoms with van der Waals surface area (Å²) in [5, 5.41) is 9.71. The molecule has 1 heterocycles. The number of ether oxygens (including phenoxy) is 4. The van der Waals surface area contributed by atoms with Crippen molar-refractivity contribution in [3.63, 3.8) is 0 Å². The number of aliphatic hydroxyl groups excluding tert-OH is 1. The van der Waals surface area contributed by atoms with Crippen LogP contribution in [-0.4, -0.2) is 54.2 Å². The van der Waals surface area contributed by atoms with E-state index >= 15 is 0 Å². The SMILES string of the molecule is [2H]CC(=O)OC[C@H]1OC(O)[C@@H](OC(=O)C[2H])[C@@H]1OC(=O)C[2H]. The first-order valence-electron chi connectivity index (χ1n) is 7.30. The van der Waals surface area contributed by atoms with Crippen molar-refractivity contribution >= 4 is 17.9 Å². The molecule has 1 aliphatic rings. The summed E-state index contributed by atoms with van der Waals surface area (Å²) < 4.78 is 39.9. The third-order valence-electron chi connectivity index (χ3n) is 2.23. The third kappa shape index (κ3) is 4.49. The predicted molar refractivity (Wildman–Crippen MR) is 58.6 cm³/mol. The van der Waals surface area contributed by atoms with Crippen LogP contribution < -0.4 is 0 Å². The lowest BCUT2D eigenvalue weighted by Crippen LogP contribution is -2.41. The first-order valence-corrected chi connectivity index (χ1v) is 5.18. The lowest BCUT2D eigenvalue weighted by molar-refractivity contribution is -0.174. The zero-order valence-electron chi connectivity index (χ0n) is 12.9. The van der Waals surface area contributed by atoms with Crippen LogP contribution in [0.2, 0.25) is 0 Å². The maximum Gasteiger partial charge on any atom is 0.303 e. The Hall–Kier alpha value is -1.67. The zero-order chi connectivity index (χ0) is 16.7. The molecule has 1 unspecified atom stereocenters. The Kier molecular flexibility index (Phi) is 3.82. The average molecular weight is 279 g/mol. The number of hydrogen-bond donors (Lipinski definition) is 1. The van der Waals surface area contributed by atoms with Crippen LogP contribution in [-0.2, 0) is 33.3 Å². The number of aliphatic hydroxyl groups is 1. The Morgan fingerprint density at radius 2 is 1.68 bits per heavy atom. The topological polar surface area (TPSA) is 108 Å². The van der Waals surface area contributed by atoms with Gasteiger partial charge in [-0.2, -0.15) is 0 Å². The summed E-state index contributed by atoms with van der Waals surface area (Å²) in [4.78, 5) is 33.4. The van der Waals surface area contributed by atoms with Gasteiger partial charge in [0.05, 0.1) is 0 Å². The minimum atomic E-state index is -1.64. The van der Waals surface area contributed by atoms with E-state index in [2.05, 4.69) is 4.74 Å². The van der Waals surface area contributed by atoms with E-state index in [1.807, 2.05) is 0 Å². The molecule has 0 saturated carbocycles. The van der Waals surface area contributed by atoms with Crippen LogP contribution in [0.5, 0.6) is 0 Å². The normalized spacial score (nSPS) is 31.7. The van der Waals surface area contributed by atoms with Gasteiger partial charge in [0.1, 0.15) is 12.7 Å². The molecule has 19 heavy (non-hydrogen) atoms. The molecule has 0 aromatic rings. The zero-order valence-corrected chi connectivity index (χ0v) is 9.94. The minimum Gasteiger partial charge on any atom is -0.463 e. The minimum absolute atomic E-state index is 0.431. The van der Waals surface area contributed by atoms with Crippen LogP contribution in [0.4, 0.5) is 0 Å². The molecule has 1 fully saturated rings. The van der Waals surface area contributed by atoms with E-state index in [-0.39, 0.29) is 0 Å². The summed E-state index contributed by atoms with van der Waals surface area (Å²) in [6.07, 6.45) is -5.45. The molecule has 0 radical (unpaired) electrons. The summed E-state index contributed by atoms with van der Waals surface area (Å²) >= 11 is 0. The molecule has 0 aromatic carbocycles. The first-order chi connectivity index (χ1) is 10.4. The molecule has 0 amide bonds. The summed E-state index contributed by atoms with van der Waals surface area (Å²) in [5.74, 6) is -2.77. The van der Waals surface area contributed by atoms with E-state index in [1.165, 1.54) is 0 Å². The summed E-state index contributed by atoms with van der Waals surface area (Å²) in [5.41, 5.74) is 0. The van der Waals surface area contributed by atoms with Crippen molar-refractivity contribution in [1.82, 2.24) is 0 Å². The molecule has 1 rings (SSSR count).